The maximum atomic E-state index is 5.38. The molecule has 64 valence electrons. The summed E-state index contributed by atoms with van der Waals surface area (Å²) in [5.41, 5.74) is 2.44. The van der Waals surface area contributed by atoms with E-state index in [2.05, 4.69) is 31.3 Å². The van der Waals surface area contributed by atoms with Crippen LogP contribution in [0.1, 0.15) is 25.3 Å². The van der Waals surface area contributed by atoms with Gasteiger partial charge in [0, 0.05) is 12.2 Å². The molecule has 0 aliphatic carbocycles. The van der Waals surface area contributed by atoms with Crippen LogP contribution in [0.2, 0.25) is 0 Å². The lowest BCUT2D eigenvalue weighted by atomic mass is 10.0. The van der Waals surface area contributed by atoms with Crippen LogP contribution in [-0.4, -0.2) is 6.54 Å². The van der Waals surface area contributed by atoms with Gasteiger partial charge in [-0.05, 0) is 30.5 Å². The van der Waals surface area contributed by atoms with Crippen molar-refractivity contribution in [3.63, 3.8) is 0 Å². The van der Waals surface area contributed by atoms with Crippen LogP contribution in [0.25, 0.3) is 0 Å². The van der Waals surface area contributed by atoms with E-state index in [0.29, 0.717) is 12.5 Å². The van der Waals surface area contributed by atoms with Gasteiger partial charge in [-0.2, -0.15) is 0 Å². The van der Waals surface area contributed by atoms with E-state index in [-0.39, 0.29) is 0 Å². The van der Waals surface area contributed by atoms with Crippen LogP contribution in [0.15, 0.2) is 24.3 Å². The Kier molecular flexibility index (Phi) is 3.15. The number of anilines is 1. The maximum Gasteiger partial charge on any atom is 0.0343 e. The molecular formula is C11H15N. The Bertz CT molecular complexity index is 241. The van der Waals surface area contributed by atoms with E-state index in [1.807, 2.05) is 12.1 Å². The summed E-state index contributed by atoms with van der Waals surface area (Å²) in [4.78, 5) is 0. The van der Waals surface area contributed by atoms with Crippen LogP contribution in [-0.2, 0) is 0 Å². The number of hydrogen-bond donors (Lipinski definition) is 1. The third-order valence-corrected chi connectivity index (χ3v) is 1.86. The summed E-state index contributed by atoms with van der Waals surface area (Å²) in [6.07, 6.45) is 0. The number of rotatable bonds is 3. The first-order valence-corrected chi connectivity index (χ1v) is 4.28. The molecule has 2 radical (unpaired) electrons. The molecule has 1 aromatic rings. The molecule has 1 heteroatoms. The third-order valence-electron chi connectivity index (χ3n) is 1.86. The average Bonchev–Trinajstić information content (AvgIpc) is 2.05. The van der Waals surface area contributed by atoms with Crippen molar-refractivity contribution in [2.24, 2.45) is 0 Å². The van der Waals surface area contributed by atoms with E-state index in [9.17, 15) is 0 Å². The maximum absolute atomic E-state index is 5.38. The predicted octanol–water partition coefficient (Wildman–Crippen LogP) is 2.93. The van der Waals surface area contributed by atoms with E-state index in [1.165, 1.54) is 5.56 Å². The fourth-order valence-corrected chi connectivity index (χ4v) is 1.13. The highest BCUT2D eigenvalue weighted by Crippen LogP contribution is 2.17. The minimum absolute atomic E-state index is 0.488. The van der Waals surface area contributed by atoms with Crippen LogP contribution in [0, 0.1) is 6.92 Å². The van der Waals surface area contributed by atoms with E-state index in [4.69, 9.17) is 6.92 Å². The Morgan fingerprint density at radius 2 is 2.17 bits per heavy atom. The molecule has 12 heavy (non-hydrogen) atoms. The standard InChI is InChI=1S/C11H15N/c1-4-12-11-7-5-6-10(8-11)9(2)3/h1,5-9,12H,4H2,2-3H3. The van der Waals surface area contributed by atoms with Gasteiger partial charge in [0.15, 0.2) is 0 Å². The van der Waals surface area contributed by atoms with Gasteiger partial charge in [0.05, 0.1) is 0 Å². The normalized spacial score (nSPS) is 10.3. The first-order valence-electron chi connectivity index (χ1n) is 4.28. The Hall–Kier alpha value is -0.980. The van der Waals surface area contributed by atoms with Crippen molar-refractivity contribution in [1.82, 2.24) is 0 Å². The molecule has 0 heterocycles. The molecule has 0 atom stereocenters. The molecule has 1 nitrogen and oxygen atoms in total. The summed E-state index contributed by atoms with van der Waals surface area (Å²) in [6.45, 7) is 10.2. The lowest BCUT2D eigenvalue weighted by Gasteiger charge is -2.08. The van der Waals surface area contributed by atoms with Crippen molar-refractivity contribution >= 4 is 5.69 Å². The molecule has 0 aliphatic heterocycles. The molecule has 0 amide bonds. The molecule has 0 aromatic heterocycles. The van der Waals surface area contributed by atoms with Crippen molar-refractivity contribution in [3.8, 4) is 0 Å². The van der Waals surface area contributed by atoms with Crippen molar-refractivity contribution in [2.75, 3.05) is 11.9 Å². The van der Waals surface area contributed by atoms with Gasteiger partial charge >= 0.3 is 0 Å². The van der Waals surface area contributed by atoms with E-state index < -0.39 is 0 Å². The number of benzene rings is 1. The monoisotopic (exact) mass is 161 g/mol. The molecular weight excluding hydrogens is 146 g/mol. The zero-order valence-corrected chi connectivity index (χ0v) is 7.67. The zero-order valence-electron chi connectivity index (χ0n) is 7.67. The van der Waals surface area contributed by atoms with Crippen molar-refractivity contribution in [3.05, 3.63) is 36.8 Å². The molecule has 0 fully saturated rings. The Morgan fingerprint density at radius 1 is 1.42 bits per heavy atom. The molecule has 0 unspecified atom stereocenters. The molecule has 1 rings (SSSR count). The van der Waals surface area contributed by atoms with Crippen LogP contribution in [0.5, 0.6) is 0 Å². The van der Waals surface area contributed by atoms with E-state index in [0.717, 1.165) is 5.69 Å². The fourth-order valence-electron chi connectivity index (χ4n) is 1.13. The molecule has 1 N–H and O–H groups in total. The van der Waals surface area contributed by atoms with Gasteiger partial charge in [0.25, 0.3) is 0 Å². The summed E-state index contributed by atoms with van der Waals surface area (Å²) < 4.78 is 0. The number of hydrogen-bond acceptors (Lipinski definition) is 1. The van der Waals surface area contributed by atoms with Gasteiger partial charge in [0.2, 0.25) is 0 Å². The van der Waals surface area contributed by atoms with E-state index >= 15 is 0 Å². The van der Waals surface area contributed by atoms with Crippen molar-refractivity contribution < 1.29 is 0 Å². The highest BCUT2D eigenvalue weighted by Gasteiger charge is 1.98. The lowest BCUT2D eigenvalue weighted by molar-refractivity contribution is 0.867. The first kappa shape index (κ1) is 9.11. The molecule has 0 saturated heterocycles. The van der Waals surface area contributed by atoms with Crippen molar-refractivity contribution in [2.45, 2.75) is 19.8 Å². The summed E-state index contributed by atoms with van der Waals surface area (Å²) in [7, 11) is 0. The molecule has 0 bridgehead atoms. The third kappa shape index (κ3) is 2.26. The fraction of sp³-hybridized carbons (Fsp3) is 0.364. The predicted molar refractivity (Wildman–Crippen MR) is 53.3 cm³/mol. The Morgan fingerprint density at radius 3 is 2.75 bits per heavy atom. The Labute approximate surface area is 74.8 Å². The SMILES string of the molecule is [CH]CNc1cccc(C(C)C)c1. The van der Waals surface area contributed by atoms with Gasteiger partial charge in [-0.1, -0.05) is 26.0 Å². The zero-order chi connectivity index (χ0) is 8.97. The second-order valence-electron chi connectivity index (χ2n) is 3.16. The van der Waals surface area contributed by atoms with Crippen LogP contribution < -0.4 is 5.32 Å². The average molecular weight is 161 g/mol. The summed E-state index contributed by atoms with van der Waals surface area (Å²) in [5.74, 6) is 0.574. The van der Waals surface area contributed by atoms with Gasteiger partial charge in [-0.15, -0.1) is 0 Å². The van der Waals surface area contributed by atoms with Gasteiger partial charge in [-0.3, -0.25) is 0 Å². The molecule has 0 aliphatic rings. The summed E-state index contributed by atoms with van der Waals surface area (Å²) >= 11 is 0. The van der Waals surface area contributed by atoms with E-state index in [1.54, 1.807) is 0 Å². The molecule has 0 spiro atoms. The van der Waals surface area contributed by atoms with Gasteiger partial charge < -0.3 is 5.32 Å². The first-order chi connectivity index (χ1) is 5.74. The molecule has 0 saturated carbocycles. The van der Waals surface area contributed by atoms with Crippen LogP contribution in [0.4, 0.5) is 5.69 Å². The van der Waals surface area contributed by atoms with Gasteiger partial charge in [-0.25, -0.2) is 0 Å². The lowest BCUT2D eigenvalue weighted by Crippen LogP contribution is -1.97. The smallest absolute Gasteiger partial charge is 0.0343 e. The summed E-state index contributed by atoms with van der Waals surface area (Å²) in [5, 5.41) is 3.08. The highest BCUT2D eigenvalue weighted by molar-refractivity contribution is 5.46. The van der Waals surface area contributed by atoms with Gasteiger partial charge in [0.1, 0.15) is 0 Å². The largest absolute Gasteiger partial charge is 0.385 e. The second-order valence-corrected chi connectivity index (χ2v) is 3.16. The minimum Gasteiger partial charge on any atom is -0.385 e. The molecule has 1 aromatic carbocycles. The minimum atomic E-state index is 0.488. The summed E-state index contributed by atoms with van der Waals surface area (Å²) in [6, 6.07) is 8.34. The second kappa shape index (κ2) is 4.15. The number of nitrogens with one attached hydrogen (secondary N) is 1. The quantitative estimate of drug-likeness (QED) is 0.718. The highest BCUT2D eigenvalue weighted by atomic mass is 14.8. The Balaban J connectivity index is 2.81. The topological polar surface area (TPSA) is 12.0 Å². The van der Waals surface area contributed by atoms with Crippen molar-refractivity contribution in [1.29, 1.82) is 0 Å². The van der Waals surface area contributed by atoms with Crippen LogP contribution in [0.3, 0.4) is 0 Å². The van der Waals surface area contributed by atoms with Crippen LogP contribution >= 0.6 is 0 Å².